The van der Waals surface area contributed by atoms with Crippen LogP contribution in [0.2, 0.25) is 0 Å². The second-order valence-electron chi connectivity index (χ2n) is 5.69. The zero-order chi connectivity index (χ0) is 14.8. The normalized spacial score (nSPS) is 18.0. The van der Waals surface area contributed by atoms with Crippen molar-refractivity contribution in [3.8, 4) is 0 Å². The van der Waals surface area contributed by atoms with E-state index in [9.17, 15) is 4.79 Å². The van der Waals surface area contributed by atoms with Crippen LogP contribution in [0.1, 0.15) is 30.1 Å². The molecule has 1 saturated heterocycles. The Bertz CT molecular complexity index is 630. The van der Waals surface area contributed by atoms with E-state index >= 15 is 0 Å². The molecule has 1 aliphatic rings. The number of rotatable bonds is 2. The highest BCUT2D eigenvalue weighted by Gasteiger charge is 2.31. The predicted molar refractivity (Wildman–Crippen MR) is 84.3 cm³/mol. The molecule has 2 aromatic rings. The molecule has 1 aromatic carbocycles. The van der Waals surface area contributed by atoms with Crippen molar-refractivity contribution in [3.05, 3.63) is 53.9 Å². The monoisotopic (exact) mass is 283 g/mol. The maximum atomic E-state index is 12.5. The van der Waals surface area contributed by atoms with Gasteiger partial charge >= 0.3 is 6.03 Å². The summed E-state index contributed by atoms with van der Waals surface area (Å²) >= 11 is 0. The van der Waals surface area contributed by atoms with Crippen molar-refractivity contribution in [1.29, 1.82) is 0 Å². The average Bonchev–Trinajstić information content (AvgIpc) is 3.09. The topological polar surface area (TPSA) is 37.3 Å². The van der Waals surface area contributed by atoms with Crippen LogP contribution >= 0.6 is 0 Å². The Hall–Kier alpha value is -2.23. The molecular formula is C17H21N3O. The highest BCUT2D eigenvalue weighted by Crippen LogP contribution is 2.32. The summed E-state index contributed by atoms with van der Waals surface area (Å²) in [6.45, 7) is 2.85. The number of amides is 2. The van der Waals surface area contributed by atoms with E-state index in [1.165, 1.54) is 11.3 Å². The van der Waals surface area contributed by atoms with E-state index in [-0.39, 0.29) is 12.1 Å². The Morgan fingerprint density at radius 3 is 2.67 bits per heavy atom. The summed E-state index contributed by atoms with van der Waals surface area (Å²) in [6, 6.07) is 12.2. The van der Waals surface area contributed by atoms with Crippen LogP contribution in [0.4, 0.5) is 10.5 Å². The van der Waals surface area contributed by atoms with Gasteiger partial charge in [-0.1, -0.05) is 17.7 Å². The maximum absolute atomic E-state index is 12.5. The van der Waals surface area contributed by atoms with Gasteiger partial charge in [-0.15, -0.1) is 0 Å². The van der Waals surface area contributed by atoms with Crippen molar-refractivity contribution in [2.75, 3.05) is 11.9 Å². The lowest BCUT2D eigenvalue weighted by Gasteiger charge is -2.25. The van der Waals surface area contributed by atoms with Crippen LogP contribution in [0.3, 0.4) is 0 Å². The van der Waals surface area contributed by atoms with Gasteiger partial charge in [-0.05, 0) is 44.0 Å². The summed E-state index contributed by atoms with van der Waals surface area (Å²) in [5.74, 6) is 0. The third kappa shape index (κ3) is 2.79. The molecule has 0 radical (unpaired) electrons. The number of anilines is 1. The zero-order valence-corrected chi connectivity index (χ0v) is 12.5. The largest absolute Gasteiger partial charge is 0.353 e. The molecule has 0 spiro atoms. The first-order valence-electron chi connectivity index (χ1n) is 7.40. The summed E-state index contributed by atoms with van der Waals surface area (Å²) in [5.41, 5.74) is 3.24. The molecule has 1 unspecified atom stereocenters. The molecule has 21 heavy (non-hydrogen) atoms. The van der Waals surface area contributed by atoms with E-state index in [0.717, 1.165) is 25.1 Å². The lowest BCUT2D eigenvalue weighted by Crippen LogP contribution is -2.35. The second kappa shape index (κ2) is 5.64. The second-order valence-corrected chi connectivity index (χ2v) is 5.69. The lowest BCUT2D eigenvalue weighted by atomic mass is 10.1. The van der Waals surface area contributed by atoms with Crippen LogP contribution in [-0.2, 0) is 7.05 Å². The Labute approximate surface area is 125 Å². The summed E-state index contributed by atoms with van der Waals surface area (Å²) in [5, 5.41) is 3.00. The number of carbonyl (C=O) groups is 1. The van der Waals surface area contributed by atoms with E-state index in [1.807, 2.05) is 55.4 Å². The van der Waals surface area contributed by atoms with Gasteiger partial charge < -0.3 is 14.8 Å². The first kappa shape index (κ1) is 13.7. The minimum atomic E-state index is -0.0115. The van der Waals surface area contributed by atoms with Gasteiger partial charge in [-0.2, -0.15) is 0 Å². The fourth-order valence-electron chi connectivity index (χ4n) is 2.97. The number of carbonyl (C=O) groups excluding carboxylic acids is 1. The molecule has 1 N–H and O–H groups in total. The average molecular weight is 283 g/mol. The number of aromatic nitrogens is 1. The molecule has 110 valence electrons. The summed E-state index contributed by atoms with van der Waals surface area (Å²) in [6.07, 6.45) is 4.11. The first-order valence-corrected chi connectivity index (χ1v) is 7.40. The molecule has 1 aliphatic heterocycles. The van der Waals surface area contributed by atoms with Gasteiger partial charge in [0.15, 0.2) is 0 Å². The van der Waals surface area contributed by atoms with Crippen LogP contribution in [0, 0.1) is 6.92 Å². The van der Waals surface area contributed by atoms with Gasteiger partial charge in [-0.3, -0.25) is 0 Å². The molecule has 0 saturated carbocycles. The predicted octanol–water partition coefficient (Wildman–Crippen LogP) is 3.70. The van der Waals surface area contributed by atoms with Crippen molar-refractivity contribution in [3.63, 3.8) is 0 Å². The summed E-state index contributed by atoms with van der Waals surface area (Å²) in [4.78, 5) is 14.5. The van der Waals surface area contributed by atoms with Gasteiger partial charge in [0, 0.05) is 31.2 Å². The molecule has 1 fully saturated rings. The number of aryl methyl sites for hydroxylation is 2. The molecule has 0 aliphatic carbocycles. The number of nitrogens with one attached hydrogen (secondary N) is 1. The number of likely N-dealkylation sites (tertiary alicyclic amines) is 1. The molecule has 1 aromatic heterocycles. The van der Waals surface area contributed by atoms with Crippen molar-refractivity contribution in [1.82, 2.24) is 9.47 Å². The highest BCUT2D eigenvalue weighted by atomic mass is 16.2. The zero-order valence-electron chi connectivity index (χ0n) is 12.5. The standard InChI is InChI=1S/C17H21N3O/c1-13-7-9-14(10-8-13)18-17(21)20-12-4-6-16(20)15-5-3-11-19(15)2/h3,5,7-11,16H,4,6,12H2,1-2H3,(H,18,21). The number of hydrogen-bond acceptors (Lipinski definition) is 1. The fraction of sp³-hybridized carbons (Fsp3) is 0.353. The van der Waals surface area contributed by atoms with Gasteiger partial charge in [0.2, 0.25) is 0 Å². The highest BCUT2D eigenvalue weighted by molar-refractivity contribution is 5.89. The molecule has 4 heteroatoms. The van der Waals surface area contributed by atoms with Crippen LogP contribution < -0.4 is 5.32 Å². The third-order valence-electron chi connectivity index (χ3n) is 4.14. The van der Waals surface area contributed by atoms with Crippen LogP contribution in [-0.4, -0.2) is 22.0 Å². The van der Waals surface area contributed by atoms with Crippen LogP contribution in [0.5, 0.6) is 0 Å². The fourth-order valence-corrected chi connectivity index (χ4v) is 2.97. The minimum absolute atomic E-state index is 0.0115. The smallest absolute Gasteiger partial charge is 0.322 e. The maximum Gasteiger partial charge on any atom is 0.322 e. The molecule has 4 nitrogen and oxygen atoms in total. The van der Waals surface area contributed by atoms with Crippen molar-refractivity contribution in [2.45, 2.75) is 25.8 Å². The molecule has 0 bridgehead atoms. The molecule has 1 atom stereocenters. The molecule has 3 rings (SSSR count). The van der Waals surface area contributed by atoms with Gasteiger partial charge in [0.25, 0.3) is 0 Å². The van der Waals surface area contributed by atoms with Crippen molar-refractivity contribution < 1.29 is 4.79 Å². The van der Waals surface area contributed by atoms with Gasteiger partial charge in [-0.25, -0.2) is 4.79 Å². The SMILES string of the molecule is Cc1ccc(NC(=O)N2CCCC2c2cccn2C)cc1. The third-order valence-corrected chi connectivity index (χ3v) is 4.14. The van der Waals surface area contributed by atoms with E-state index in [1.54, 1.807) is 0 Å². The molecule has 2 amide bonds. The number of hydrogen-bond donors (Lipinski definition) is 1. The number of benzene rings is 1. The molecular weight excluding hydrogens is 262 g/mol. The van der Waals surface area contributed by atoms with E-state index < -0.39 is 0 Å². The number of nitrogens with zero attached hydrogens (tertiary/aromatic N) is 2. The summed E-state index contributed by atoms with van der Waals surface area (Å²) < 4.78 is 2.10. The lowest BCUT2D eigenvalue weighted by molar-refractivity contribution is 0.205. The van der Waals surface area contributed by atoms with Crippen molar-refractivity contribution in [2.24, 2.45) is 7.05 Å². The quantitative estimate of drug-likeness (QED) is 0.896. The van der Waals surface area contributed by atoms with E-state index in [0.29, 0.717) is 0 Å². The minimum Gasteiger partial charge on any atom is -0.353 e. The Morgan fingerprint density at radius 1 is 1.24 bits per heavy atom. The Morgan fingerprint density at radius 2 is 2.00 bits per heavy atom. The number of urea groups is 1. The van der Waals surface area contributed by atoms with Crippen LogP contribution in [0.15, 0.2) is 42.6 Å². The Kier molecular flexibility index (Phi) is 3.69. The first-order chi connectivity index (χ1) is 10.1. The van der Waals surface area contributed by atoms with Crippen molar-refractivity contribution >= 4 is 11.7 Å². The van der Waals surface area contributed by atoms with Gasteiger partial charge in [0.05, 0.1) is 6.04 Å². The van der Waals surface area contributed by atoms with Gasteiger partial charge in [0.1, 0.15) is 0 Å². The van der Waals surface area contributed by atoms with E-state index in [4.69, 9.17) is 0 Å². The van der Waals surface area contributed by atoms with E-state index in [2.05, 4.69) is 16.0 Å². The van der Waals surface area contributed by atoms with Crippen LogP contribution in [0.25, 0.3) is 0 Å². The molecule has 2 heterocycles. The Balaban J connectivity index is 1.74. The summed E-state index contributed by atoms with van der Waals surface area (Å²) in [7, 11) is 2.03.